The van der Waals surface area contributed by atoms with Crippen LogP contribution in [0.1, 0.15) is 88.2 Å². The van der Waals surface area contributed by atoms with Gasteiger partial charge in [-0.2, -0.15) is 4.89 Å². The van der Waals surface area contributed by atoms with E-state index in [1.165, 1.54) is 20.6 Å². The summed E-state index contributed by atoms with van der Waals surface area (Å²) < 4.78 is 4.76. The first-order valence-corrected chi connectivity index (χ1v) is 18.5. The van der Waals surface area contributed by atoms with Crippen LogP contribution in [0.4, 0.5) is 4.79 Å². The lowest BCUT2D eigenvalue weighted by Crippen LogP contribution is -2.51. The number of nitrogens with zero attached hydrogens (tertiary/aromatic N) is 5. The van der Waals surface area contributed by atoms with Gasteiger partial charge < -0.3 is 34.7 Å². The number of ether oxygens (including phenoxy) is 1. The van der Waals surface area contributed by atoms with Crippen LogP contribution in [0.25, 0.3) is 27.9 Å². The summed E-state index contributed by atoms with van der Waals surface area (Å²) in [4.78, 5) is 73.0. The molecule has 2 aromatic carbocycles. The number of likely N-dealkylation sites (tertiary alicyclic amines) is 2. The predicted octanol–water partition coefficient (Wildman–Crippen LogP) is 6.35. The first kappa shape index (κ1) is 38.2. The van der Waals surface area contributed by atoms with Gasteiger partial charge in [-0.3, -0.25) is 9.59 Å². The van der Waals surface area contributed by atoms with Gasteiger partial charge in [-0.1, -0.05) is 64.6 Å². The molecular formula is C40H50N8O6. The maximum atomic E-state index is 13.6. The van der Waals surface area contributed by atoms with E-state index in [-0.39, 0.29) is 35.7 Å². The zero-order valence-corrected chi connectivity index (χ0v) is 31.8. The molecule has 3 amide bonds. The standard InChI is InChI=1S/C40H50N8O6/c1-23(2)34(42-22-54-53-7)38(49)47-18-8-10-32(47)36-41-21-31(45-36)27-14-12-26(13-15-27)25(5)28-16-17-29-30(20-28)44-37(43-29)33-11-9-19-48(33)39(50)35(24(3)4)46-40(51)52-6/h12-17,20-24,32-35H,5,8-11,18-19H2,1-4,6-7H3,(H,41,45)(H,43,44)(H,46,51)/t32-,33-,34-,35-/m0/s1. The number of rotatable bonds is 13. The van der Waals surface area contributed by atoms with E-state index >= 15 is 0 Å². The number of fused-ring (bicyclic) bond motifs is 1. The van der Waals surface area contributed by atoms with Crippen LogP contribution >= 0.6 is 0 Å². The highest BCUT2D eigenvalue weighted by Crippen LogP contribution is 2.35. The Bertz CT molecular complexity index is 2000. The monoisotopic (exact) mass is 738 g/mol. The van der Waals surface area contributed by atoms with Crippen molar-refractivity contribution in [3.8, 4) is 11.3 Å². The van der Waals surface area contributed by atoms with Gasteiger partial charge in [0.1, 0.15) is 23.7 Å². The van der Waals surface area contributed by atoms with Crippen molar-refractivity contribution in [3.05, 3.63) is 78.0 Å². The fraction of sp³-hybridized carbons (Fsp3) is 0.450. The van der Waals surface area contributed by atoms with E-state index in [0.29, 0.717) is 13.1 Å². The SMILES string of the molecule is C=C(c1ccc(-c2cnc([C@@H]3CCCN3C(=O)[C@@H](N=COOC)C(C)C)[nH]2)cc1)c1ccc2nc([C@@H]3CCCN3C(=O)[C@@H](NC(=O)OC)C(C)C)[nH]c2c1. The lowest BCUT2D eigenvalue weighted by Gasteiger charge is -2.29. The number of nitrogens with one attached hydrogen (secondary N) is 3. The van der Waals surface area contributed by atoms with Gasteiger partial charge in [0.05, 0.1) is 49.2 Å². The number of methoxy groups -OCH3 is 1. The highest BCUT2D eigenvalue weighted by atomic mass is 17.2. The van der Waals surface area contributed by atoms with Crippen molar-refractivity contribution >= 4 is 40.9 Å². The number of carbonyl (C=O) groups excluding carboxylic acids is 3. The Balaban J connectivity index is 1.14. The maximum absolute atomic E-state index is 13.6. The van der Waals surface area contributed by atoms with Gasteiger partial charge in [0.2, 0.25) is 18.2 Å². The smallest absolute Gasteiger partial charge is 0.407 e. The topological polar surface area (TPSA) is 167 Å². The van der Waals surface area contributed by atoms with E-state index in [1.807, 2.05) is 86.2 Å². The lowest BCUT2D eigenvalue weighted by atomic mass is 9.98. The minimum Gasteiger partial charge on any atom is -0.453 e. The molecule has 14 heteroatoms. The second kappa shape index (κ2) is 16.7. The van der Waals surface area contributed by atoms with E-state index in [2.05, 4.69) is 31.7 Å². The number of amides is 3. The lowest BCUT2D eigenvalue weighted by molar-refractivity contribution is -0.188. The zero-order chi connectivity index (χ0) is 38.5. The minimum absolute atomic E-state index is 0.0169. The van der Waals surface area contributed by atoms with Crippen molar-refractivity contribution in [3.63, 3.8) is 0 Å². The fourth-order valence-corrected chi connectivity index (χ4v) is 7.38. The number of aromatic nitrogens is 4. The summed E-state index contributed by atoms with van der Waals surface area (Å²) in [6.07, 6.45) is 5.67. The van der Waals surface area contributed by atoms with Crippen molar-refractivity contribution in [1.82, 2.24) is 35.1 Å². The van der Waals surface area contributed by atoms with Crippen molar-refractivity contribution in [1.29, 1.82) is 0 Å². The fourth-order valence-electron chi connectivity index (χ4n) is 7.38. The van der Waals surface area contributed by atoms with Crippen molar-refractivity contribution < 1.29 is 28.9 Å². The van der Waals surface area contributed by atoms with E-state index < -0.39 is 18.2 Å². The predicted molar refractivity (Wildman–Crippen MR) is 205 cm³/mol. The van der Waals surface area contributed by atoms with Crippen LogP contribution in [0.2, 0.25) is 0 Å². The molecule has 0 radical (unpaired) electrons. The molecule has 3 N–H and O–H groups in total. The Morgan fingerprint density at radius 3 is 2.22 bits per heavy atom. The van der Waals surface area contributed by atoms with E-state index in [9.17, 15) is 14.4 Å². The second-order valence-electron chi connectivity index (χ2n) is 14.5. The van der Waals surface area contributed by atoms with Gasteiger partial charge in [0.25, 0.3) is 0 Å². The first-order valence-electron chi connectivity index (χ1n) is 18.5. The summed E-state index contributed by atoms with van der Waals surface area (Å²) in [6.45, 7) is 13.3. The van der Waals surface area contributed by atoms with Gasteiger partial charge in [-0.25, -0.2) is 19.8 Å². The molecule has 0 saturated carbocycles. The molecule has 54 heavy (non-hydrogen) atoms. The minimum atomic E-state index is -0.696. The number of H-pyrrole nitrogens is 2. The van der Waals surface area contributed by atoms with Crippen LogP contribution in [0.15, 0.2) is 60.2 Å². The Kier molecular flexibility index (Phi) is 11.8. The molecule has 2 aliphatic rings. The quantitative estimate of drug-likeness (QED) is 0.0617. The molecule has 14 nitrogen and oxygen atoms in total. The summed E-state index contributed by atoms with van der Waals surface area (Å²) in [5, 5.41) is 2.70. The molecule has 4 aromatic rings. The number of benzene rings is 2. The van der Waals surface area contributed by atoms with E-state index in [1.54, 1.807) is 0 Å². The number of alkyl carbamates (subject to hydrolysis) is 1. The molecule has 0 unspecified atom stereocenters. The molecule has 0 spiro atoms. The number of aliphatic imine (C=N–C) groups is 1. The Morgan fingerprint density at radius 1 is 0.907 bits per heavy atom. The van der Waals surface area contributed by atoms with Gasteiger partial charge in [-0.05, 0) is 71.9 Å². The van der Waals surface area contributed by atoms with E-state index in [0.717, 1.165) is 76.3 Å². The molecule has 286 valence electrons. The second-order valence-corrected chi connectivity index (χ2v) is 14.5. The number of hydrogen-bond donors (Lipinski definition) is 3. The molecule has 2 aliphatic heterocycles. The van der Waals surface area contributed by atoms with Gasteiger partial charge in [-0.15, -0.1) is 0 Å². The normalized spacial score (nSPS) is 18.5. The molecular weight excluding hydrogens is 688 g/mol. The maximum Gasteiger partial charge on any atom is 0.407 e. The van der Waals surface area contributed by atoms with Crippen LogP contribution in [0.3, 0.4) is 0 Å². The molecule has 4 heterocycles. The average molecular weight is 739 g/mol. The summed E-state index contributed by atoms with van der Waals surface area (Å²) in [6, 6.07) is 12.5. The summed E-state index contributed by atoms with van der Waals surface area (Å²) >= 11 is 0. The van der Waals surface area contributed by atoms with Crippen molar-refractivity contribution in [2.45, 2.75) is 77.5 Å². The summed E-state index contributed by atoms with van der Waals surface area (Å²) in [7, 11) is 2.68. The van der Waals surface area contributed by atoms with Crippen LogP contribution in [-0.4, -0.2) is 93.4 Å². The molecule has 0 bridgehead atoms. The molecule has 0 aliphatic carbocycles. The van der Waals surface area contributed by atoms with Crippen molar-refractivity contribution in [2.24, 2.45) is 16.8 Å². The Hall–Kier alpha value is -5.50. The molecule has 4 atom stereocenters. The molecule has 2 saturated heterocycles. The number of aromatic amines is 2. The van der Waals surface area contributed by atoms with Crippen LogP contribution < -0.4 is 5.32 Å². The third-order valence-electron chi connectivity index (χ3n) is 10.3. The van der Waals surface area contributed by atoms with Gasteiger partial charge in [0.15, 0.2) is 0 Å². The molecule has 6 rings (SSSR count). The zero-order valence-electron chi connectivity index (χ0n) is 31.8. The molecule has 2 aromatic heterocycles. The molecule has 2 fully saturated rings. The highest BCUT2D eigenvalue weighted by molar-refractivity contribution is 5.88. The van der Waals surface area contributed by atoms with Crippen LogP contribution in [0.5, 0.6) is 0 Å². The summed E-state index contributed by atoms with van der Waals surface area (Å²) in [5.74, 6) is 1.13. The van der Waals surface area contributed by atoms with E-state index in [4.69, 9.17) is 19.6 Å². The number of carbonyl (C=O) groups is 3. The van der Waals surface area contributed by atoms with Gasteiger partial charge in [0, 0.05) is 13.1 Å². The third-order valence-corrected chi connectivity index (χ3v) is 10.3. The average Bonchev–Trinajstić information content (AvgIpc) is 4.00. The Morgan fingerprint density at radius 2 is 1.57 bits per heavy atom. The highest BCUT2D eigenvalue weighted by Gasteiger charge is 2.38. The third kappa shape index (κ3) is 8.03. The number of hydrogen-bond acceptors (Lipinski definition) is 9. The number of imidazole rings is 2. The van der Waals surface area contributed by atoms with Crippen LogP contribution in [-0.2, 0) is 24.1 Å². The largest absolute Gasteiger partial charge is 0.453 e. The Labute approximate surface area is 315 Å². The van der Waals surface area contributed by atoms with Gasteiger partial charge >= 0.3 is 6.09 Å². The van der Waals surface area contributed by atoms with Crippen molar-refractivity contribution in [2.75, 3.05) is 27.3 Å². The first-order chi connectivity index (χ1) is 26.0. The van der Waals surface area contributed by atoms with Crippen LogP contribution in [0, 0.1) is 11.8 Å². The summed E-state index contributed by atoms with van der Waals surface area (Å²) in [5.41, 5.74) is 6.25.